The van der Waals surface area contributed by atoms with Gasteiger partial charge in [0.15, 0.2) is 0 Å². The van der Waals surface area contributed by atoms with Crippen molar-refractivity contribution in [2.45, 2.75) is 19.3 Å². The Bertz CT molecular complexity index is 3600. The van der Waals surface area contributed by atoms with E-state index in [-0.39, 0.29) is 54.2 Å². The van der Waals surface area contributed by atoms with Crippen molar-refractivity contribution in [3.63, 3.8) is 0 Å². The van der Waals surface area contributed by atoms with E-state index < -0.39 is 125 Å². The van der Waals surface area contributed by atoms with E-state index >= 15 is 0 Å². The summed E-state index contributed by atoms with van der Waals surface area (Å²) in [6.07, 6.45) is 0. The number of hydrogen-bond donors (Lipinski definition) is 0. The Morgan fingerprint density at radius 2 is 1.11 bits per heavy atom. The molecule has 0 atom stereocenters. The highest BCUT2D eigenvalue weighted by Gasteiger charge is 2.37. The van der Waals surface area contributed by atoms with Gasteiger partial charge in [0, 0.05) is 16.2 Å². The molecule has 0 radical (unpaired) electrons. The smallest absolute Gasteiger partial charge is 0.136 e. The van der Waals surface area contributed by atoms with Gasteiger partial charge in [-0.1, -0.05) is 141 Å². The van der Waals surface area contributed by atoms with Gasteiger partial charge in [-0.15, -0.1) is 0 Å². The summed E-state index contributed by atoms with van der Waals surface area (Å²) in [4.78, 5) is 0. The second kappa shape index (κ2) is 9.19. The minimum absolute atomic E-state index is 0.0647. The summed E-state index contributed by atoms with van der Waals surface area (Å²) in [6, 6.07) is 2.03. The van der Waals surface area contributed by atoms with E-state index in [1.165, 1.54) is 0 Å². The maximum absolute atomic E-state index is 9.92. The predicted octanol–water partition coefficient (Wildman–Crippen LogP) is 12.7. The molecule has 0 amide bonds. The number of fused-ring (bicyclic) bond motifs is 10. The van der Waals surface area contributed by atoms with Crippen molar-refractivity contribution in [2.24, 2.45) is 0 Å². The fourth-order valence-electron chi connectivity index (χ4n) is 7.19. The van der Waals surface area contributed by atoms with Crippen molar-refractivity contribution in [3.8, 4) is 33.4 Å². The van der Waals surface area contributed by atoms with Crippen molar-refractivity contribution < 1.29 is 27.7 Å². The fourth-order valence-corrected chi connectivity index (χ4v) is 7.19. The van der Waals surface area contributed by atoms with E-state index in [0.29, 0.717) is 11.1 Å². The molecule has 1 heterocycles. The number of rotatable bonds is 2. The van der Waals surface area contributed by atoms with Crippen LogP contribution in [0.2, 0.25) is 0 Å². The second-order valence-electron chi connectivity index (χ2n) is 11.9. The molecule has 1 nitrogen and oxygen atoms in total. The van der Waals surface area contributed by atoms with Crippen molar-refractivity contribution >= 4 is 54.3 Å². The maximum Gasteiger partial charge on any atom is 0.136 e. The summed E-state index contributed by atoms with van der Waals surface area (Å²) < 4.78 is 161. The normalized spacial score (nSPS) is 18.8. The zero-order valence-electron chi connectivity index (χ0n) is 41.4. The predicted molar refractivity (Wildman–Crippen MR) is 195 cm³/mol. The highest BCUT2D eigenvalue weighted by molar-refractivity contribution is 6.24. The van der Waals surface area contributed by atoms with E-state index in [1.807, 2.05) is 44.2 Å². The summed E-state index contributed by atoms with van der Waals surface area (Å²) in [5.41, 5.74) is 1.55. The third-order valence-electron chi connectivity index (χ3n) is 9.20. The molecule has 0 unspecified atom stereocenters. The molecular formula is C45H30O. The van der Waals surface area contributed by atoms with Gasteiger partial charge < -0.3 is 4.42 Å². The van der Waals surface area contributed by atoms with Crippen molar-refractivity contribution in [2.75, 3.05) is 0 Å². The van der Waals surface area contributed by atoms with E-state index in [1.54, 1.807) is 12.1 Å². The van der Waals surface area contributed by atoms with Crippen LogP contribution < -0.4 is 0 Å². The van der Waals surface area contributed by atoms with Gasteiger partial charge in [0.1, 0.15) is 11.2 Å². The highest BCUT2D eigenvalue weighted by atomic mass is 16.3. The maximum atomic E-state index is 9.92. The van der Waals surface area contributed by atoms with Gasteiger partial charge in [-0.2, -0.15) is 0 Å². The summed E-state index contributed by atoms with van der Waals surface area (Å²) in [7, 11) is 0. The topological polar surface area (TPSA) is 13.1 Å². The van der Waals surface area contributed by atoms with Crippen LogP contribution in [0.1, 0.15) is 48.3 Å². The molecule has 1 aromatic heterocycles. The van der Waals surface area contributed by atoms with Gasteiger partial charge in [0.05, 0.1) is 23.3 Å². The average Bonchev–Trinajstić information content (AvgIpc) is 3.78. The molecule has 8 aromatic carbocycles. The van der Waals surface area contributed by atoms with Gasteiger partial charge in [0.25, 0.3) is 0 Å². The Labute approximate surface area is 291 Å². The largest absolute Gasteiger partial charge is 0.456 e. The molecule has 0 spiro atoms. The third kappa shape index (κ3) is 3.35. The molecule has 1 aliphatic rings. The van der Waals surface area contributed by atoms with E-state index in [9.17, 15) is 9.60 Å². The monoisotopic (exact) mass is 603 g/mol. The summed E-state index contributed by atoms with van der Waals surface area (Å²) in [5.74, 6) is 0. The lowest BCUT2D eigenvalue weighted by molar-refractivity contribution is 0.660. The first kappa shape index (κ1) is 14.2. The van der Waals surface area contributed by atoms with E-state index in [4.69, 9.17) is 18.1 Å². The van der Waals surface area contributed by atoms with Crippen LogP contribution in [0.25, 0.3) is 87.6 Å². The molecule has 0 saturated heterocycles. The molecule has 0 fully saturated rings. The molecular weight excluding hydrogens is 556 g/mol. The molecule has 1 aliphatic carbocycles. The van der Waals surface area contributed by atoms with Crippen LogP contribution in [-0.4, -0.2) is 0 Å². The zero-order chi connectivity index (χ0) is 45.4. The molecule has 0 bridgehead atoms. The second-order valence-corrected chi connectivity index (χ2v) is 11.9. The quantitative estimate of drug-likeness (QED) is 0.179. The van der Waals surface area contributed by atoms with Crippen molar-refractivity contribution in [1.29, 1.82) is 0 Å². The standard InChI is InChI=1S/C45H30O/c1-45(2)37-20-10-9-18-34(37)43-35(19-11-21-38(43)45)42-32-16-7-5-14-30(32)41(31-15-6-8-17-33(31)42)28-23-24-39-36(26-28)44-29-13-4-3-12-27(29)22-25-40(44)46-39/h3-26H,1-2H3/i3D,4D,5D,6D,7D,8D,12D,13D,14D,15D,16D,17D,22D,23D,24D,25D,26D. The summed E-state index contributed by atoms with van der Waals surface area (Å²) in [5, 5.41) is -2.12. The van der Waals surface area contributed by atoms with E-state index in [2.05, 4.69) is 0 Å². The van der Waals surface area contributed by atoms with Crippen LogP contribution >= 0.6 is 0 Å². The summed E-state index contributed by atoms with van der Waals surface area (Å²) in [6.45, 7) is 4.09. The lowest BCUT2D eigenvalue weighted by atomic mass is 9.80. The highest BCUT2D eigenvalue weighted by Crippen LogP contribution is 2.54. The van der Waals surface area contributed by atoms with Gasteiger partial charge in [-0.25, -0.2) is 0 Å². The number of benzene rings is 8. The first-order chi connectivity index (χ1) is 29.7. The van der Waals surface area contributed by atoms with Crippen LogP contribution in [0.4, 0.5) is 0 Å². The van der Waals surface area contributed by atoms with Crippen molar-refractivity contribution in [3.05, 3.63) is 156 Å². The fraction of sp³-hybridized carbons (Fsp3) is 0.0667. The minimum atomic E-state index is -0.734. The molecule has 0 saturated carbocycles. The number of furan rings is 1. The Morgan fingerprint density at radius 1 is 0.500 bits per heavy atom. The van der Waals surface area contributed by atoms with Crippen LogP contribution in [0.3, 0.4) is 0 Å². The lowest BCUT2D eigenvalue weighted by Gasteiger charge is -2.22. The lowest BCUT2D eigenvalue weighted by Crippen LogP contribution is -2.14. The van der Waals surface area contributed by atoms with Gasteiger partial charge in [-0.05, 0) is 95.0 Å². The molecule has 46 heavy (non-hydrogen) atoms. The van der Waals surface area contributed by atoms with Gasteiger partial charge in [-0.3, -0.25) is 0 Å². The first-order valence-corrected chi connectivity index (χ1v) is 14.7. The van der Waals surface area contributed by atoms with Crippen molar-refractivity contribution in [1.82, 2.24) is 0 Å². The zero-order valence-corrected chi connectivity index (χ0v) is 24.4. The Hall–Kier alpha value is -5.66. The molecule has 10 rings (SSSR count). The van der Waals surface area contributed by atoms with Crippen LogP contribution in [0.15, 0.2) is 150 Å². The number of hydrogen-bond acceptors (Lipinski definition) is 1. The van der Waals surface area contributed by atoms with Crippen LogP contribution in [0, 0.1) is 0 Å². The van der Waals surface area contributed by atoms with Gasteiger partial charge in [0.2, 0.25) is 0 Å². The molecule has 9 aromatic rings. The van der Waals surface area contributed by atoms with Crippen LogP contribution in [0.5, 0.6) is 0 Å². The average molecular weight is 604 g/mol. The molecule has 0 aliphatic heterocycles. The third-order valence-corrected chi connectivity index (χ3v) is 9.20. The SMILES string of the molecule is [2H]c1c(-c2c3c([2H])c([2H])c([2H])c([2H])c3c(-c3cccc4c3-c3ccccc3C4(C)C)c3c([2H])c([2H])c([2H])c([2H])c23)c([2H])c2c(oc3c([2H])c([2H])c4c([2H])c([2H])c([2H])c([2H])c4c32)c1[2H]. The molecule has 0 N–H and O–H groups in total. The molecule has 216 valence electrons. The first-order valence-electron chi connectivity index (χ1n) is 23.2. The Kier molecular flexibility index (Phi) is 2.83. The van der Waals surface area contributed by atoms with E-state index in [0.717, 1.165) is 16.7 Å². The Balaban J connectivity index is 1.52. The van der Waals surface area contributed by atoms with Crippen LogP contribution in [-0.2, 0) is 5.41 Å². The van der Waals surface area contributed by atoms with Gasteiger partial charge >= 0.3 is 0 Å². The Morgan fingerprint density at radius 3 is 1.87 bits per heavy atom. The molecule has 1 heteroatoms. The minimum Gasteiger partial charge on any atom is -0.456 e. The summed E-state index contributed by atoms with van der Waals surface area (Å²) >= 11 is 0.